The first-order valence-electron chi connectivity index (χ1n) is 9.64. The van der Waals surface area contributed by atoms with Crippen molar-refractivity contribution in [3.63, 3.8) is 0 Å². The Morgan fingerprint density at radius 3 is 2.61 bits per heavy atom. The minimum absolute atomic E-state index is 0.171. The van der Waals surface area contributed by atoms with Crippen LogP contribution in [0.5, 0.6) is 0 Å². The molecule has 0 saturated heterocycles. The molecular weight excluding hydrogens is 416 g/mol. The molecule has 0 spiro atoms. The van der Waals surface area contributed by atoms with Crippen LogP contribution < -0.4 is 21.7 Å². The second-order valence-electron chi connectivity index (χ2n) is 7.24. The van der Waals surface area contributed by atoms with E-state index < -0.39 is 15.7 Å². The molecular formula is C21H22N6O3S. The zero-order chi connectivity index (χ0) is 22.0. The number of hydrogen-bond donors (Lipinski definition) is 4. The number of aromatic nitrogens is 2. The molecule has 3 aromatic rings. The Morgan fingerprint density at radius 2 is 1.90 bits per heavy atom. The van der Waals surface area contributed by atoms with E-state index in [0.29, 0.717) is 11.5 Å². The summed E-state index contributed by atoms with van der Waals surface area (Å²) in [6, 6.07) is 12.2. The lowest BCUT2D eigenvalue weighted by molar-refractivity contribution is 0.100. The van der Waals surface area contributed by atoms with Gasteiger partial charge in [-0.3, -0.25) is 4.79 Å². The first-order valence-corrected chi connectivity index (χ1v) is 11.5. The van der Waals surface area contributed by atoms with E-state index >= 15 is 0 Å². The summed E-state index contributed by atoms with van der Waals surface area (Å²) in [6.45, 7) is 1.65. The standard InChI is InChI=1S/C21H22N6O3S/c1-31(29,30)15-7-5-14(6-8-15)25-21-24-12-17(19(22)28)20(27-21)26-18-4-2-3-13-11-23-10-9-16(13)18/h2-8,12,23H,9-11H2,1H3,(H2,22,28)(H2,24,25,26,27). The van der Waals surface area contributed by atoms with Gasteiger partial charge in [0.05, 0.1) is 4.90 Å². The molecule has 0 bridgehead atoms. The van der Waals surface area contributed by atoms with Crippen LogP contribution in [0.2, 0.25) is 0 Å². The lowest BCUT2D eigenvalue weighted by Crippen LogP contribution is -2.24. The molecule has 5 N–H and O–H groups in total. The number of fused-ring (bicyclic) bond motifs is 1. The quantitative estimate of drug-likeness (QED) is 0.459. The van der Waals surface area contributed by atoms with Crippen molar-refractivity contribution in [2.45, 2.75) is 17.9 Å². The van der Waals surface area contributed by atoms with E-state index in [4.69, 9.17) is 5.73 Å². The van der Waals surface area contributed by atoms with Crippen molar-refractivity contribution in [1.82, 2.24) is 15.3 Å². The molecule has 1 amide bonds. The number of carbonyl (C=O) groups is 1. The van der Waals surface area contributed by atoms with Crippen molar-refractivity contribution in [2.75, 3.05) is 23.4 Å². The van der Waals surface area contributed by atoms with E-state index in [1.807, 2.05) is 12.1 Å². The molecule has 0 fully saturated rings. The number of sulfone groups is 1. The molecule has 0 aliphatic carbocycles. The van der Waals surface area contributed by atoms with Gasteiger partial charge in [-0.1, -0.05) is 12.1 Å². The molecule has 31 heavy (non-hydrogen) atoms. The highest BCUT2D eigenvalue weighted by Gasteiger charge is 2.17. The zero-order valence-corrected chi connectivity index (χ0v) is 17.7. The minimum Gasteiger partial charge on any atom is -0.365 e. The normalized spacial score (nSPS) is 13.3. The Labute approximate surface area is 180 Å². The molecule has 10 heteroatoms. The van der Waals surface area contributed by atoms with Gasteiger partial charge in [-0.25, -0.2) is 13.4 Å². The van der Waals surface area contributed by atoms with Crippen LogP contribution >= 0.6 is 0 Å². The molecule has 1 aliphatic heterocycles. The third-order valence-corrected chi connectivity index (χ3v) is 6.11. The molecule has 2 aromatic carbocycles. The number of primary amides is 1. The van der Waals surface area contributed by atoms with Gasteiger partial charge in [-0.15, -0.1) is 0 Å². The third-order valence-electron chi connectivity index (χ3n) is 4.99. The lowest BCUT2D eigenvalue weighted by Gasteiger charge is -2.21. The molecule has 0 unspecified atom stereocenters. The Hall–Kier alpha value is -3.50. The van der Waals surface area contributed by atoms with Gasteiger partial charge in [0.1, 0.15) is 11.4 Å². The summed E-state index contributed by atoms with van der Waals surface area (Å²) in [5.41, 5.74) is 9.52. The molecule has 0 radical (unpaired) electrons. The van der Waals surface area contributed by atoms with Gasteiger partial charge in [0.2, 0.25) is 5.95 Å². The summed E-state index contributed by atoms with van der Waals surface area (Å²) in [6.07, 6.45) is 3.37. The van der Waals surface area contributed by atoms with Gasteiger partial charge in [0, 0.05) is 30.4 Å². The average Bonchev–Trinajstić information content (AvgIpc) is 2.74. The van der Waals surface area contributed by atoms with Gasteiger partial charge in [-0.05, 0) is 54.4 Å². The predicted molar refractivity (Wildman–Crippen MR) is 119 cm³/mol. The average molecular weight is 439 g/mol. The molecule has 1 aliphatic rings. The van der Waals surface area contributed by atoms with Crippen LogP contribution in [0.1, 0.15) is 21.5 Å². The number of carbonyl (C=O) groups excluding carboxylic acids is 1. The fourth-order valence-electron chi connectivity index (χ4n) is 3.41. The van der Waals surface area contributed by atoms with Crippen LogP contribution in [0, 0.1) is 0 Å². The minimum atomic E-state index is -3.28. The number of amides is 1. The SMILES string of the molecule is CS(=O)(=O)c1ccc(Nc2ncc(C(N)=O)c(Nc3cccc4c3CCNC4)n2)cc1. The topological polar surface area (TPSA) is 139 Å². The smallest absolute Gasteiger partial charge is 0.254 e. The highest BCUT2D eigenvalue weighted by molar-refractivity contribution is 7.90. The third kappa shape index (κ3) is 4.65. The van der Waals surface area contributed by atoms with E-state index in [9.17, 15) is 13.2 Å². The van der Waals surface area contributed by atoms with Crippen LogP contribution in [-0.4, -0.2) is 37.1 Å². The summed E-state index contributed by atoms with van der Waals surface area (Å²) in [4.78, 5) is 20.7. The van der Waals surface area contributed by atoms with Gasteiger partial charge >= 0.3 is 0 Å². The summed E-state index contributed by atoms with van der Waals surface area (Å²) in [7, 11) is -3.28. The van der Waals surface area contributed by atoms with E-state index in [2.05, 4.69) is 32.0 Å². The maximum absolute atomic E-state index is 11.9. The molecule has 0 atom stereocenters. The first-order chi connectivity index (χ1) is 14.8. The number of anilines is 4. The molecule has 160 valence electrons. The summed E-state index contributed by atoms with van der Waals surface area (Å²) in [5, 5.41) is 9.59. The Bertz CT molecular complexity index is 1240. The van der Waals surface area contributed by atoms with Crippen LogP contribution in [-0.2, 0) is 22.8 Å². The largest absolute Gasteiger partial charge is 0.365 e. The van der Waals surface area contributed by atoms with Crippen molar-refractivity contribution >= 4 is 38.9 Å². The van der Waals surface area contributed by atoms with Crippen molar-refractivity contribution in [2.24, 2.45) is 5.73 Å². The monoisotopic (exact) mass is 438 g/mol. The Morgan fingerprint density at radius 1 is 1.13 bits per heavy atom. The molecule has 2 heterocycles. The summed E-state index contributed by atoms with van der Waals surface area (Å²) < 4.78 is 23.2. The van der Waals surface area contributed by atoms with Gasteiger partial charge in [-0.2, -0.15) is 4.98 Å². The molecule has 9 nitrogen and oxygen atoms in total. The number of nitrogens with one attached hydrogen (secondary N) is 3. The highest BCUT2D eigenvalue weighted by Crippen LogP contribution is 2.28. The second kappa shape index (κ2) is 8.32. The number of nitrogens with zero attached hydrogens (tertiary/aromatic N) is 2. The van der Waals surface area contributed by atoms with E-state index in [1.165, 1.54) is 29.5 Å². The van der Waals surface area contributed by atoms with Gasteiger partial charge in [0.25, 0.3) is 5.91 Å². The van der Waals surface area contributed by atoms with Crippen LogP contribution in [0.25, 0.3) is 0 Å². The fraction of sp³-hybridized carbons (Fsp3) is 0.190. The second-order valence-corrected chi connectivity index (χ2v) is 9.25. The Kier molecular flexibility index (Phi) is 5.57. The van der Waals surface area contributed by atoms with Crippen molar-refractivity contribution < 1.29 is 13.2 Å². The maximum atomic E-state index is 11.9. The van der Waals surface area contributed by atoms with E-state index in [0.717, 1.165) is 31.5 Å². The van der Waals surface area contributed by atoms with Crippen LogP contribution in [0.15, 0.2) is 53.6 Å². The summed E-state index contributed by atoms with van der Waals surface area (Å²) in [5.74, 6) is -0.103. The molecule has 4 rings (SSSR count). The van der Waals surface area contributed by atoms with Gasteiger partial charge < -0.3 is 21.7 Å². The lowest BCUT2D eigenvalue weighted by atomic mass is 9.99. The number of benzene rings is 2. The first kappa shape index (κ1) is 20.8. The van der Waals surface area contributed by atoms with Crippen molar-refractivity contribution in [1.29, 1.82) is 0 Å². The zero-order valence-electron chi connectivity index (χ0n) is 16.8. The van der Waals surface area contributed by atoms with Crippen molar-refractivity contribution in [3.05, 3.63) is 65.4 Å². The van der Waals surface area contributed by atoms with E-state index in [1.54, 1.807) is 12.1 Å². The highest BCUT2D eigenvalue weighted by atomic mass is 32.2. The van der Waals surface area contributed by atoms with E-state index in [-0.39, 0.29) is 16.4 Å². The number of hydrogen-bond acceptors (Lipinski definition) is 8. The maximum Gasteiger partial charge on any atom is 0.254 e. The fourth-order valence-corrected chi connectivity index (χ4v) is 4.04. The Balaban J connectivity index is 1.64. The van der Waals surface area contributed by atoms with Crippen molar-refractivity contribution in [3.8, 4) is 0 Å². The molecule has 1 aromatic heterocycles. The molecule has 0 saturated carbocycles. The summed E-state index contributed by atoms with van der Waals surface area (Å²) >= 11 is 0. The van der Waals surface area contributed by atoms with Gasteiger partial charge in [0.15, 0.2) is 9.84 Å². The predicted octanol–water partition coefficient (Wildman–Crippen LogP) is 2.11. The van der Waals surface area contributed by atoms with Crippen LogP contribution in [0.4, 0.5) is 23.1 Å². The van der Waals surface area contributed by atoms with Crippen LogP contribution in [0.3, 0.4) is 0 Å². The number of rotatable bonds is 6. The number of nitrogens with two attached hydrogens (primary N) is 1.